The quantitative estimate of drug-likeness (QED) is 0.691. The number of amides is 1. The second kappa shape index (κ2) is 4.86. The Morgan fingerprint density at radius 2 is 2.23 bits per heavy atom. The van der Waals surface area contributed by atoms with Crippen LogP contribution in [0.15, 0.2) is 0 Å². The van der Waals surface area contributed by atoms with E-state index < -0.39 is 0 Å². The van der Waals surface area contributed by atoms with Gasteiger partial charge in [-0.1, -0.05) is 0 Å². The molecule has 1 aliphatic rings. The van der Waals surface area contributed by atoms with E-state index in [1.165, 1.54) is 0 Å². The van der Waals surface area contributed by atoms with Crippen LogP contribution in [-0.2, 0) is 4.79 Å². The summed E-state index contributed by atoms with van der Waals surface area (Å²) < 4.78 is 0. The van der Waals surface area contributed by atoms with Gasteiger partial charge in [-0.05, 0) is 26.7 Å². The largest absolute Gasteiger partial charge is 0.352 e. The third-order valence-corrected chi connectivity index (χ3v) is 3.33. The molecule has 0 spiro atoms. The molecule has 3 N–H and O–H groups in total. The van der Waals surface area contributed by atoms with E-state index in [2.05, 4.69) is 5.32 Å². The third-order valence-electron chi connectivity index (χ3n) is 1.90. The zero-order valence-corrected chi connectivity index (χ0v) is 9.06. The van der Waals surface area contributed by atoms with Crippen molar-refractivity contribution < 1.29 is 4.79 Å². The summed E-state index contributed by atoms with van der Waals surface area (Å²) in [5, 5.41) is 3.01. The lowest BCUT2D eigenvalue weighted by Crippen LogP contribution is -2.33. The van der Waals surface area contributed by atoms with Gasteiger partial charge in [-0.2, -0.15) is 0 Å². The molecule has 13 heavy (non-hydrogen) atoms. The summed E-state index contributed by atoms with van der Waals surface area (Å²) in [7, 11) is 0. The van der Waals surface area contributed by atoms with Crippen molar-refractivity contribution in [2.45, 2.75) is 44.0 Å². The van der Waals surface area contributed by atoms with E-state index >= 15 is 0 Å². The predicted octanol–water partition coefficient (Wildman–Crippen LogP) is 0.734. The predicted molar refractivity (Wildman–Crippen MR) is 56.7 cm³/mol. The van der Waals surface area contributed by atoms with Gasteiger partial charge in [-0.15, -0.1) is 11.8 Å². The first kappa shape index (κ1) is 10.9. The lowest BCUT2D eigenvalue weighted by Gasteiger charge is -2.12. The number of carbonyl (C=O) groups excluding carboxylic acids is 1. The first-order chi connectivity index (χ1) is 6.09. The number of nitrogens with one attached hydrogen (secondary N) is 1. The van der Waals surface area contributed by atoms with Gasteiger partial charge in [0, 0.05) is 17.8 Å². The summed E-state index contributed by atoms with van der Waals surface area (Å²) in [6.07, 6.45) is 2.30. The van der Waals surface area contributed by atoms with Gasteiger partial charge < -0.3 is 11.1 Å². The lowest BCUT2D eigenvalue weighted by molar-refractivity contribution is -0.120. The smallest absolute Gasteiger partial charge is 0.233 e. The molecule has 2 unspecified atom stereocenters. The average molecular weight is 202 g/mol. The third kappa shape index (κ3) is 4.52. The lowest BCUT2D eigenvalue weighted by atomic mass is 10.4. The molecule has 0 radical (unpaired) electrons. The fourth-order valence-electron chi connectivity index (χ4n) is 0.918. The standard InChI is InChI=1S/C9H18N2OS/c1-6(10)5-13-7(2)9(12)11-8-3-4-8/h6-8H,3-5,10H2,1-2H3,(H,11,12). The van der Waals surface area contributed by atoms with E-state index in [4.69, 9.17) is 5.73 Å². The van der Waals surface area contributed by atoms with Crippen LogP contribution < -0.4 is 11.1 Å². The van der Waals surface area contributed by atoms with Gasteiger partial charge in [-0.25, -0.2) is 0 Å². The SMILES string of the molecule is CC(N)CSC(C)C(=O)NC1CC1. The van der Waals surface area contributed by atoms with Gasteiger partial charge in [0.25, 0.3) is 0 Å². The number of nitrogens with two attached hydrogens (primary N) is 1. The highest BCUT2D eigenvalue weighted by Gasteiger charge is 2.25. The van der Waals surface area contributed by atoms with Crippen molar-refractivity contribution in [3.63, 3.8) is 0 Å². The molecule has 0 bridgehead atoms. The molecule has 0 aliphatic heterocycles. The highest BCUT2D eigenvalue weighted by molar-refractivity contribution is 8.00. The van der Waals surface area contributed by atoms with Gasteiger partial charge in [0.1, 0.15) is 0 Å². The van der Waals surface area contributed by atoms with Crippen LogP contribution in [0.2, 0.25) is 0 Å². The van der Waals surface area contributed by atoms with Crippen LogP contribution in [0.4, 0.5) is 0 Å². The van der Waals surface area contributed by atoms with Crippen molar-refractivity contribution in [3.8, 4) is 0 Å². The fraction of sp³-hybridized carbons (Fsp3) is 0.889. The van der Waals surface area contributed by atoms with Gasteiger partial charge >= 0.3 is 0 Å². The van der Waals surface area contributed by atoms with Gasteiger partial charge in [0.2, 0.25) is 5.91 Å². The van der Waals surface area contributed by atoms with Crippen molar-refractivity contribution >= 4 is 17.7 Å². The average Bonchev–Trinajstić information content (AvgIpc) is 2.83. The second-order valence-corrected chi connectivity index (χ2v) is 5.11. The zero-order valence-electron chi connectivity index (χ0n) is 8.25. The first-order valence-corrected chi connectivity index (χ1v) is 5.82. The minimum atomic E-state index is 0.0339. The Hall–Kier alpha value is -0.220. The minimum Gasteiger partial charge on any atom is -0.352 e. The van der Waals surface area contributed by atoms with E-state index in [1.54, 1.807) is 11.8 Å². The summed E-state index contributed by atoms with van der Waals surface area (Å²) in [6.45, 7) is 3.89. The molecule has 0 aromatic rings. The topological polar surface area (TPSA) is 55.1 Å². The Bertz CT molecular complexity index is 180. The summed E-state index contributed by atoms with van der Waals surface area (Å²) >= 11 is 1.63. The van der Waals surface area contributed by atoms with Crippen LogP contribution >= 0.6 is 11.8 Å². The minimum absolute atomic E-state index is 0.0339. The fourth-order valence-corrected chi connectivity index (χ4v) is 1.73. The molecule has 1 aliphatic carbocycles. The number of rotatable bonds is 5. The molecule has 0 saturated heterocycles. The molecule has 0 aromatic heterocycles. The van der Waals surface area contributed by atoms with Crippen molar-refractivity contribution in [2.75, 3.05) is 5.75 Å². The molecule has 4 heteroatoms. The van der Waals surface area contributed by atoms with Crippen LogP contribution in [0.25, 0.3) is 0 Å². The summed E-state index contributed by atoms with van der Waals surface area (Å²) in [6, 6.07) is 0.632. The number of hydrogen-bond donors (Lipinski definition) is 2. The molecule has 1 saturated carbocycles. The molecule has 1 amide bonds. The molecule has 0 heterocycles. The zero-order chi connectivity index (χ0) is 9.84. The highest BCUT2D eigenvalue weighted by Crippen LogP contribution is 2.20. The maximum Gasteiger partial charge on any atom is 0.233 e. The number of thioether (sulfide) groups is 1. The summed E-state index contributed by atoms with van der Waals surface area (Å²) in [4.78, 5) is 11.4. The number of carbonyl (C=O) groups is 1. The molecule has 0 aromatic carbocycles. The van der Waals surface area contributed by atoms with Gasteiger partial charge in [0.05, 0.1) is 5.25 Å². The van der Waals surface area contributed by atoms with Crippen LogP contribution in [0, 0.1) is 0 Å². The number of hydrogen-bond acceptors (Lipinski definition) is 3. The van der Waals surface area contributed by atoms with E-state index in [0.29, 0.717) is 6.04 Å². The monoisotopic (exact) mass is 202 g/mol. The van der Waals surface area contributed by atoms with Crippen molar-refractivity contribution in [2.24, 2.45) is 5.73 Å². The Kier molecular flexibility index (Phi) is 4.06. The van der Waals surface area contributed by atoms with Crippen LogP contribution in [-0.4, -0.2) is 29.0 Å². The molecule has 1 rings (SSSR count). The normalized spacial score (nSPS) is 20.8. The van der Waals surface area contributed by atoms with E-state index in [9.17, 15) is 4.79 Å². The molecular formula is C9H18N2OS. The molecule has 3 nitrogen and oxygen atoms in total. The Labute approximate surface area is 83.8 Å². The molecule has 1 fully saturated rings. The van der Waals surface area contributed by atoms with Gasteiger partial charge in [-0.3, -0.25) is 4.79 Å². The summed E-state index contributed by atoms with van der Waals surface area (Å²) in [5.74, 6) is 1.01. The maximum atomic E-state index is 11.4. The summed E-state index contributed by atoms with van der Waals surface area (Å²) in [5.41, 5.74) is 5.60. The molecule has 76 valence electrons. The van der Waals surface area contributed by atoms with E-state index in [0.717, 1.165) is 18.6 Å². The Morgan fingerprint density at radius 3 is 2.69 bits per heavy atom. The van der Waals surface area contributed by atoms with Crippen LogP contribution in [0.5, 0.6) is 0 Å². The van der Waals surface area contributed by atoms with E-state index in [1.807, 2.05) is 13.8 Å². The maximum absolute atomic E-state index is 11.4. The van der Waals surface area contributed by atoms with Crippen molar-refractivity contribution in [3.05, 3.63) is 0 Å². The van der Waals surface area contributed by atoms with Crippen molar-refractivity contribution in [1.82, 2.24) is 5.32 Å². The van der Waals surface area contributed by atoms with E-state index in [-0.39, 0.29) is 17.2 Å². The van der Waals surface area contributed by atoms with Crippen molar-refractivity contribution in [1.29, 1.82) is 0 Å². The Morgan fingerprint density at radius 1 is 1.62 bits per heavy atom. The molecular weight excluding hydrogens is 184 g/mol. The first-order valence-electron chi connectivity index (χ1n) is 4.77. The molecule has 2 atom stereocenters. The van der Waals surface area contributed by atoms with Gasteiger partial charge in [0.15, 0.2) is 0 Å². The second-order valence-electron chi connectivity index (χ2n) is 3.74. The van der Waals surface area contributed by atoms with Crippen LogP contribution in [0.1, 0.15) is 26.7 Å². The highest BCUT2D eigenvalue weighted by atomic mass is 32.2. The Balaban J connectivity index is 2.12. The van der Waals surface area contributed by atoms with Crippen LogP contribution in [0.3, 0.4) is 0 Å².